The molecule has 0 bridgehead atoms. The van der Waals surface area contributed by atoms with E-state index in [0.29, 0.717) is 13.1 Å². The molecule has 2 heterocycles. The highest BCUT2D eigenvalue weighted by atomic mass is 16.2. The minimum absolute atomic E-state index is 0.0264. The second kappa shape index (κ2) is 8.50. The van der Waals surface area contributed by atoms with Crippen molar-refractivity contribution in [2.75, 3.05) is 19.6 Å². The molecule has 0 spiro atoms. The Morgan fingerprint density at radius 2 is 1.93 bits per heavy atom. The quantitative estimate of drug-likeness (QED) is 0.864. The number of hydrogen-bond donors (Lipinski definition) is 1. The molecule has 1 aliphatic heterocycles. The standard InChI is InChI=1S/C22H30N4O2/c1-5-24(22(28)23-16(2)3)15-20(27)26-14-13-25-12-8-11-19(25)21(26)18-10-7-6-9-17(18)4/h6-12,16,21H,5,13-15H2,1-4H3,(H,23,28). The van der Waals surface area contributed by atoms with Crippen LogP contribution >= 0.6 is 0 Å². The van der Waals surface area contributed by atoms with Crippen LogP contribution < -0.4 is 5.32 Å². The summed E-state index contributed by atoms with van der Waals surface area (Å²) in [6, 6.07) is 12.0. The molecule has 0 radical (unpaired) electrons. The number of hydrogen-bond acceptors (Lipinski definition) is 2. The molecule has 0 saturated carbocycles. The van der Waals surface area contributed by atoms with Crippen LogP contribution in [-0.4, -0.2) is 52.0 Å². The van der Waals surface area contributed by atoms with Gasteiger partial charge in [-0.15, -0.1) is 0 Å². The van der Waals surface area contributed by atoms with Gasteiger partial charge in [0.25, 0.3) is 0 Å². The highest BCUT2D eigenvalue weighted by Crippen LogP contribution is 2.34. The number of likely N-dealkylation sites (N-methyl/N-ethyl adjacent to an activating group) is 1. The van der Waals surface area contributed by atoms with Gasteiger partial charge in [-0.3, -0.25) is 4.79 Å². The first kappa shape index (κ1) is 20.0. The van der Waals surface area contributed by atoms with Crippen molar-refractivity contribution in [3.05, 3.63) is 59.4 Å². The Balaban J connectivity index is 1.88. The number of amides is 3. The van der Waals surface area contributed by atoms with Gasteiger partial charge in [-0.2, -0.15) is 0 Å². The Kier molecular flexibility index (Phi) is 6.07. The first-order chi connectivity index (χ1) is 13.4. The van der Waals surface area contributed by atoms with E-state index in [4.69, 9.17) is 0 Å². The number of nitrogens with zero attached hydrogens (tertiary/aromatic N) is 3. The van der Waals surface area contributed by atoms with Crippen molar-refractivity contribution in [1.82, 2.24) is 19.7 Å². The molecular formula is C22H30N4O2. The Bertz CT molecular complexity index is 843. The molecule has 1 aromatic carbocycles. The van der Waals surface area contributed by atoms with Gasteiger partial charge >= 0.3 is 6.03 Å². The maximum atomic E-state index is 13.3. The van der Waals surface area contributed by atoms with Gasteiger partial charge in [-0.1, -0.05) is 24.3 Å². The number of carbonyl (C=O) groups is 2. The van der Waals surface area contributed by atoms with E-state index in [0.717, 1.165) is 23.4 Å². The van der Waals surface area contributed by atoms with Crippen LogP contribution in [0, 0.1) is 6.92 Å². The predicted octanol–water partition coefficient (Wildman–Crippen LogP) is 3.17. The molecule has 6 nitrogen and oxygen atoms in total. The van der Waals surface area contributed by atoms with Gasteiger partial charge in [0.05, 0.1) is 6.04 Å². The van der Waals surface area contributed by atoms with E-state index in [1.54, 1.807) is 4.90 Å². The van der Waals surface area contributed by atoms with Gasteiger partial charge in [-0.25, -0.2) is 4.79 Å². The molecule has 1 aliphatic rings. The SMILES string of the molecule is CCN(CC(=O)N1CCn2cccc2C1c1ccccc1C)C(=O)NC(C)C. The number of aromatic nitrogens is 1. The zero-order valence-corrected chi connectivity index (χ0v) is 17.2. The van der Waals surface area contributed by atoms with Crippen molar-refractivity contribution < 1.29 is 9.59 Å². The number of urea groups is 1. The van der Waals surface area contributed by atoms with Crippen LogP contribution in [0.15, 0.2) is 42.6 Å². The second-order valence-electron chi connectivity index (χ2n) is 7.59. The summed E-state index contributed by atoms with van der Waals surface area (Å²) in [4.78, 5) is 29.2. The number of carbonyl (C=O) groups excluding carboxylic acids is 2. The monoisotopic (exact) mass is 382 g/mol. The molecule has 3 amide bonds. The molecule has 1 atom stereocenters. The highest BCUT2D eigenvalue weighted by molar-refractivity contribution is 5.85. The molecule has 3 rings (SSSR count). The first-order valence-corrected chi connectivity index (χ1v) is 9.97. The fraction of sp³-hybridized carbons (Fsp3) is 0.455. The van der Waals surface area contributed by atoms with Gasteiger partial charge in [0.2, 0.25) is 5.91 Å². The Hall–Kier alpha value is -2.76. The molecule has 1 aromatic heterocycles. The summed E-state index contributed by atoms with van der Waals surface area (Å²) < 4.78 is 2.21. The maximum absolute atomic E-state index is 13.3. The number of rotatable bonds is 5. The van der Waals surface area contributed by atoms with Gasteiger partial charge in [0, 0.05) is 37.6 Å². The highest BCUT2D eigenvalue weighted by Gasteiger charge is 2.33. The van der Waals surface area contributed by atoms with Crippen molar-refractivity contribution in [3.8, 4) is 0 Å². The van der Waals surface area contributed by atoms with Gasteiger partial charge in [-0.05, 0) is 51.0 Å². The predicted molar refractivity (Wildman–Crippen MR) is 110 cm³/mol. The van der Waals surface area contributed by atoms with Gasteiger partial charge in [0.15, 0.2) is 0 Å². The van der Waals surface area contributed by atoms with Crippen LogP contribution in [0.4, 0.5) is 4.79 Å². The normalized spacial score (nSPS) is 16.0. The Morgan fingerprint density at radius 1 is 1.18 bits per heavy atom. The van der Waals surface area contributed by atoms with Crippen LogP contribution in [-0.2, 0) is 11.3 Å². The van der Waals surface area contributed by atoms with Crippen molar-refractivity contribution in [2.24, 2.45) is 0 Å². The molecule has 1 unspecified atom stereocenters. The molecule has 150 valence electrons. The van der Waals surface area contributed by atoms with Crippen molar-refractivity contribution >= 4 is 11.9 Å². The van der Waals surface area contributed by atoms with E-state index in [-0.39, 0.29) is 30.6 Å². The first-order valence-electron chi connectivity index (χ1n) is 9.97. The van der Waals surface area contributed by atoms with Crippen LogP contribution in [0.25, 0.3) is 0 Å². The van der Waals surface area contributed by atoms with Crippen LogP contribution in [0.5, 0.6) is 0 Å². The molecule has 28 heavy (non-hydrogen) atoms. The minimum Gasteiger partial charge on any atom is -0.348 e. The summed E-state index contributed by atoms with van der Waals surface area (Å²) in [6.07, 6.45) is 2.07. The van der Waals surface area contributed by atoms with E-state index in [1.807, 2.05) is 43.9 Å². The van der Waals surface area contributed by atoms with Crippen molar-refractivity contribution in [1.29, 1.82) is 0 Å². The molecular weight excluding hydrogens is 352 g/mol. The molecule has 1 N–H and O–H groups in total. The molecule has 0 aliphatic carbocycles. The van der Waals surface area contributed by atoms with E-state index in [1.165, 1.54) is 0 Å². The number of nitrogens with one attached hydrogen (secondary N) is 1. The average Bonchev–Trinajstić information content (AvgIpc) is 3.14. The molecule has 6 heteroatoms. The largest absolute Gasteiger partial charge is 0.348 e. The zero-order valence-electron chi connectivity index (χ0n) is 17.2. The van der Waals surface area contributed by atoms with Gasteiger partial charge < -0.3 is 19.7 Å². The zero-order chi connectivity index (χ0) is 20.3. The Morgan fingerprint density at radius 3 is 2.61 bits per heavy atom. The third-order valence-corrected chi connectivity index (χ3v) is 5.25. The molecule has 2 aromatic rings. The van der Waals surface area contributed by atoms with Crippen molar-refractivity contribution in [2.45, 2.75) is 46.3 Å². The number of fused-ring (bicyclic) bond motifs is 1. The van der Waals surface area contributed by atoms with E-state index < -0.39 is 0 Å². The average molecular weight is 383 g/mol. The maximum Gasteiger partial charge on any atom is 0.318 e. The van der Waals surface area contributed by atoms with Crippen LogP contribution in [0.1, 0.15) is 43.6 Å². The lowest BCUT2D eigenvalue weighted by Gasteiger charge is -2.39. The summed E-state index contributed by atoms with van der Waals surface area (Å²) in [5, 5.41) is 2.88. The Labute approximate surface area is 167 Å². The van der Waals surface area contributed by atoms with E-state index >= 15 is 0 Å². The summed E-state index contributed by atoms with van der Waals surface area (Å²) in [5.41, 5.74) is 3.40. The van der Waals surface area contributed by atoms with E-state index in [9.17, 15) is 9.59 Å². The third kappa shape index (κ3) is 4.06. The van der Waals surface area contributed by atoms with Crippen LogP contribution in [0.3, 0.4) is 0 Å². The van der Waals surface area contributed by atoms with E-state index in [2.05, 4.69) is 41.2 Å². The summed E-state index contributed by atoms with van der Waals surface area (Å²) in [7, 11) is 0. The third-order valence-electron chi connectivity index (χ3n) is 5.25. The fourth-order valence-corrected chi connectivity index (χ4v) is 3.79. The van der Waals surface area contributed by atoms with Crippen molar-refractivity contribution in [3.63, 3.8) is 0 Å². The number of aryl methyl sites for hydroxylation is 1. The topological polar surface area (TPSA) is 57.6 Å². The molecule has 0 saturated heterocycles. The second-order valence-corrected chi connectivity index (χ2v) is 7.59. The smallest absolute Gasteiger partial charge is 0.318 e. The number of benzene rings is 1. The lowest BCUT2D eigenvalue weighted by atomic mass is 9.95. The summed E-state index contributed by atoms with van der Waals surface area (Å²) in [5.74, 6) is -0.0264. The minimum atomic E-state index is -0.196. The van der Waals surface area contributed by atoms with Gasteiger partial charge in [0.1, 0.15) is 6.54 Å². The summed E-state index contributed by atoms with van der Waals surface area (Å²) >= 11 is 0. The summed E-state index contributed by atoms with van der Waals surface area (Å²) in [6.45, 7) is 9.77. The van der Waals surface area contributed by atoms with Crippen LogP contribution in [0.2, 0.25) is 0 Å². The lowest BCUT2D eigenvalue weighted by molar-refractivity contribution is -0.134. The molecule has 0 fully saturated rings. The lowest BCUT2D eigenvalue weighted by Crippen LogP contribution is -2.50. The fourth-order valence-electron chi connectivity index (χ4n) is 3.79.